The second kappa shape index (κ2) is 8.85. The zero-order valence-electron chi connectivity index (χ0n) is 14.0. The second-order valence-electron chi connectivity index (χ2n) is 5.20. The molecule has 0 fully saturated rings. The number of rotatable bonds is 9. The molecule has 2 N–H and O–H groups in total. The van der Waals surface area contributed by atoms with Crippen LogP contribution in [0.2, 0.25) is 0 Å². The number of anilines is 1. The van der Waals surface area contributed by atoms with Crippen molar-refractivity contribution in [2.24, 2.45) is 0 Å². The number of carbonyl (C=O) groups is 1. The van der Waals surface area contributed by atoms with Gasteiger partial charge >= 0.3 is 5.97 Å². The van der Waals surface area contributed by atoms with E-state index in [0.717, 1.165) is 24.9 Å². The summed E-state index contributed by atoms with van der Waals surface area (Å²) in [6.45, 7) is 4.06. The van der Waals surface area contributed by atoms with Crippen LogP contribution in [0.5, 0.6) is 0 Å². The highest BCUT2D eigenvalue weighted by Gasteiger charge is 2.23. The van der Waals surface area contributed by atoms with Gasteiger partial charge in [-0.1, -0.05) is 11.6 Å². The van der Waals surface area contributed by atoms with Crippen LogP contribution in [-0.4, -0.2) is 61.0 Å². The van der Waals surface area contributed by atoms with Gasteiger partial charge in [0, 0.05) is 26.2 Å². The normalized spacial score (nSPS) is 11.3. The quantitative estimate of drug-likeness (QED) is 0.497. The molecule has 1 aromatic rings. The van der Waals surface area contributed by atoms with Crippen molar-refractivity contribution in [3.8, 4) is 0 Å². The molecular weight excluding hydrogens is 318 g/mol. The summed E-state index contributed by atoms with van der Waals surface area (Å²) < 4.78 is 30.3. The first-order valence-electron chi connectivity index (χ1n) is 7.33. The molecule has 7 nitrogen and oxygen atoms in total. The number of sulfonamides is 1. The number of methoxy groups -OCH3 is 1. The molecule has 0 spiro atoms. The number of esters is 1. The molecule has 1 aromatic carbocycles. The fourth-order valence-electron chi connectivity index (χ4n) is 2.12. The monoisotopic (exact) mass is 343 g/mol. The SMILES string of the molecule is CNCCNCCN(c1ccc(C)cc1C(=O)OC)S(C)(=O)=O. The van der Waals surface area contributed by atoms with Crippen molar-refractivity contribution in [2.45, 2.75) is 6.92 Å². The summed E-state index contributed by atoms with van der Waals surface area (Å²) in [7, 11) is -0.395. The molecule has 0 saturated heterocycles. The molecular formula is C15H25N3O4S. The number of ether oxygens (including phenoxy) is 1. The number of benzene rings is 1. The molecule has 0 radical (unpaired) electrons. The Morgan fingerprint density at radius 2 is 1.96 bits per heavy atom. The fourth-order valence-corrected chi connectivity index (χ4v) is 3.06. The smallest absolute Gasteiger partial charge is 0.340 e. The van der Waals surface area contributed by atoms with E-state index >= 15 is 0 Å². The average Bonchev–Trinajstić information content (AvgIpc) is 2.49. The zero-order valence-corrected chi connectivity index (χ0v) is 14.9. The van der Waals surface area contributed by atoms with Gasteiger partial charge < -0.3 is 15.4 Å². The largest absolute Gasteiger partial charge is 0.465 e. The maximum absolute atomic E-state index is 12.1. The highest BCUT2D eigenvalue weighted by Crippen LogP contribution is 2.24. The van der Waals surface area contributed by atoms with Crippen LogP contribution in [-0.2, 0) is 14.8 Å². The number of hydrogen-bond donors (Lipinski definition) is 2. The van der Waals surface area contributed by atoms with E-state index in [-0.39, 0.29) is 12.1 Å². The third kappa shape index (κ3) is 5.81. The molecule has 23 heavy (non-hydrogen) atoms. The lowest BCUT2D eigenvalue weighted by atomic mass is 10.1. The maximum atomic E-state index is 12.1. The summed E-state index contributed by atoms with van der Waals surface area (Å²) in [6, 6.07) is 5.04. The van der Waals surface area contributed by atoms with Gasteiger partial charge in [0.05, 0.1) is 24.6 Å². The van der Waals surface area contributed by atoms with E-state index in [0.29, 0.717) is 12.2 Å². The molecule has 0 aliphatic carbocycles. The van der Waals surface area contributed by atoms with Gasteiger partial charge in [0.25, 0.3) is 0 Å². The lowest BCUT2D eigenvalue weighted by Crippen LogP contribution is -2.38. The number of hydrogen-bond acceptors (Lipinski definition) is 6. The Morgan fingerprint density at radius 1 is 1.26 bits per heavy atom. The van der Waals surface area contributed by atoms with Crippen molar-refractivity contribution in [3.63, 3.8) is 0 Å². The molecule has 0 atom stereocenters. The summed E-state index contributed by atoms with van der Waals surface area (Å²) in [6.07, 6.45) is 1.13. The van der Waals surface area contributed by atoms with Gasteiger partial charge in [-0.3, -0.25) is 4.31 Å². The Bertz CT molecular complexity index is 632. The number of aryl methyl sites for hydroxylation is 1. The summed E-state index contributed by atoms with van der Waals surface area (Å²) in [4.78, 5) is 12.0. The molecule has 0 bridgehead atoms. The van der Waals surface area contributed by atoms with E-state index in [9.17, 15) is 13.2 Å². The Hall–Kier alpha value is -1.64. The van der Waals surface area contributed by atoms with E-state index in [2.05, 4.69) is 10.6 Å². The van der Waals surface area contributed by atoms with Gasteiger partial charge in [0.15, 0.2) is 0 Å². The second-order valence-corrected chi connectivity index (χ2v) is 7.11. The molecule has 0 saturated carbocycles. The molecule has 130 valence electrons. The van der Waals surface area contributed by atoms with Crippen LogP contribution in [0, 0.1) is 6.92 Å². The van der Waals surface area contributed by atoms with Crippen LogP contribution < -0.4 is 14.9 Å². The third-order valence-corrected chi connectivity index (χ3v) is 4.45. The summed E-state index contributed by atoms with van der Waals surface area (Å²) in [5.41, 5.74) is 1.43. The van der Waals surface area contributed by atoms with Gasteiger partial charge in [-0.2, -0.15) is 0 Å². The minimum Gasteiger partial charge on any atom is -0.465 e. The summed E-state index contributed by atoms with van der Waals surface area (Å²) >= 11 is 0. The molecule has 0 aliphatic rings. The highest BCUT2D eigenvalue weighted by atomic mass is 32.2. The van der Waals surface area contributed by atoms with Crippen LogP contribution in [0.1, 0.15) is 15.9 Å². The minimum absolute atomic E-state index is 0.232. The summed E-state index contributed by atoms with van der Waals surface area (Å²) in [5.74, 6) is -0.555. The highest BCUT2D eigenvalue weighted by molar-refractivity contribution is 7.92. The van der Waals surface area contributed by atoms with Crippen molar-refractivity contribution in [3.05, 3.63) is 29.3 Å². The topological polar surface area (TPSA) is 87.7 Å². The predicted molar refractivity (Wildman–Crippen MR) is 91.5 cm³/mol. The van der Waals surface area contributed by atoms with Crippen molar-refractivity contribution in [1.82, 2.24) is 10.6 Å². The molecule has 1 rings (SSSR count). The number of likely N-dealkylation sites (N-methyl/N-ethyl adjacent to an activating group) is 1. The van der Waals surface area contributed by atoms with Gasteiger partial charge in [-0.25, -0.2) is 13.2 Å². The summed E-state index contributed by atoms with van der Waals surface area (Å²) in [5, 5.41) is 6.15. The van der Waals surface area contributed by atoms with Crippen molar-refractivity contribution in [1.29, 1.82) is 0 Å². The van der Waals surface area contributed by atoms with Gasteiger partial charge in [-0.05, 0) is 26.1 Å². The lowest BCUT2D eigenvalue weighted by Gasteiger charge is -2.24. The third-order valence-electron chi connectivity index (χ3n) is 3.27. The first-order chi connectivity index (χ1) is 10.8. The maximum Gasteiger partial charge on any atom is 0.340 e. The van der Waals surface area contributed by atoms with E-state index in [1.807, 2.05) is 14.0 Å². The van der Waals surface area contributed by atoms with Gasteiger partial charge in [0.2, 0.25) is 10.0 Å². The fraction of sp³-hybridized carbons (Fsp3) is 0.533. The molecule has 0 heterocycles. The van der Waals surface area contributed by atoms with E-state index in [1.54, 1.807) is 18.2 Å². The Labute approximate surface area is 138 Å². The first kappa shape index (κ1) is 19.4. The van der Waals surface area contributed by atoms with E-state index in [1.165, 1.54) is 11.4 Å². The number of nitrogens with zero attached hydrogens (tertiary/aromatic N) is 1. The predicted octanol–water partition coefficient (Wildman–Crippen LogP) is 0.357. The van der Waals surface area contributed by atoms with Crippen LogP contribution in [0.15, 0.2) is 18.2 Å². The zero-order chi connectivity index (χ0) is 17.5. The number of carbonyl (C=O) groups excluding carboxylic acids is 1. The van der Waals surface area contributed by atoms with E-state index in [4.69, 9.17) is 4.74 Å². The standard InChI is InChI=1S/C15H25N3O4S/c1-12-5-6-14(13(11-12)15(19)22-3)18(23(4,20)21)10-9-17-8-7-16-2/h5-6,11,16-17H,7-10H2,1-4H3. The first-order valence-corrected chi connectivity index (χ1v) is 9.18. The Balaban J connectivity index is 3.06. The molecule has 0 aliphatic heterocycles. The molecule has 0 unspecified atom stereocenters. The van der Waals surface area contributed by atoms with Crippen molar-refractivity contribution in [2.75, 3.05) is 50.9 Å². The van der Waals surface area contributed by atoms with Crippen molar-refractivity contribution >= 4 is 21.7 Å². The van der Waals surface area contributed by atoms with Crippen LogP contribution in [0.25, 0.3) is 0 Å². The van der Waals surface area contributed by atoms with E-state index < -0.39 is 16.0 Å². The minimum atomic E-state index is -3.52. The molecule has 0 aromatic heterocycles. The van der Waals surface area contributed by atoms with Crippen molar-refractivity contribution < 1.29 is 17.9 Å². The lowest BCUT2D eigenvalue weighted by molar-refractivity contribution is 0.0601. The molecule has 8 heteroatoms. The van der Waals surface area contributed by atoms with Gasteiger partial charge in [0.1, 0.15) is 0 Å². The van der Waals surface area contributed by atoms with Crippen LogP contribution in [0.3, 0.4) is 0 Å². The molecule has 0 amide bonds. The van der Waals surface area contributed by atoms with Crippen LogP contribution in [0.4, 0.5) is 5.69 Å². The Kier molecular flexibility index (Phi) is 7.47. The average molecular weight is 343 g/mol. The van der Waals surface area contributed by atoms with Crippen LogP contribution >= 0.6 is 0 Å². The number of nitrogens with one attached hydrogen (secondary N) is 2. The Morgan fingerprint density at radius 3 is 2.52 bits per heavy atom. The van der Waals surface area contributed by atoms with Gasteiger partial charge in [-0.15, -0.1) is 0 Å².